The van der Waals surface area contributed by atoms with Crippen molar-refractivity contribution in [3.63, 3.8) is 0 Å². The lowest BCUT2D eigenvalue weighted by atomic mass is 10.1. The highest BCUT2D eigenvalue weighted by Gasteiger charge is 2.18. The highest BCUT2D eigenvalue weighted by molar-refractivity contribution is 14.1. The Kier molecular flexibility index (Phi) is 3.91. The van der Waals surface area contributed by atoms with Crippen LogP contribution in [0.2, 0.25) is 0 Å². The summed E-state index contributed by atoms with van der Waals surface area (Å²) in [5, 5.41) is 18.3. The summed E-state index contributed by atoms with van der Waals surface area (Å²) in [6.07, 6.45) is 0. The number of carbonyl (C=O) groups excluding carboxylic acids is 1. The first-order valence-corrected chi connectivity index (χ1v) is 5.28. The molecular formula is C10H8INO3. The molecule has 0 bridgehead atoms. The van der Waals surface area contributed by atoms with E-state index in [2.05, 4.69) is 0 Å². The number of aromatic hydroxyl groups is 1. The highest BCUT2D eigenvalue weighted by atomic mass is 127. The zero-order valence-corrected chi connectivity index (χ0v) is 10.1. The smallest absolute Gasteiger partial charge is 0.343 e. The molecule has 78 valence electrons. The first kappa shape index (κ1) is 11.8. The third kappa shape index (κ3) is 2.39. The number of esters is 1. The van der Waals surface area contributed by atoms with Gasteiger partial charge in [0, 0.05) is 3.57 Å². The maximum absolute atomic E-state index is 11.5. The average molecular weight is 317 g/mol. The van der Waals surface area contributed by atoms with Crippen LogP contribution in [0.15, 0.2) is 12.1 Å². The zero-order valence-electron chi connectivity index (χ0n) is 7.95. The second kappa shape index (κ2) is 4.98. The van der Waals surface area contributed by atoms with Gasteiger partial charge >= 0.3 is 5.97 Å². The Bertz CT molecular complexity index is 437. The Labute approximate surface area is 101 Å². The van der Waals surface area contributed by atoms with Crippen LogP contribution < -0.4 is 0 Å². The molecule has 0 radical (unpaired) electrons. The second-order valence-corrected chi connectivity index (χ2v) is 3.73. The van der Waals surface area contributed by atoms with Gasteiger partial charge in [-0.05, 0) is 41.6 Å². The third-order valence-corrected chi connectivity index (χ3v) is 2.84. The van der Waals surface area contributed by atoms with Crippen LogP contribution in [0.1, 0.15) is 22.8 Å². The van der Waals surface area contributed by atoms with E-state index in [-0.39, 0.29) is 17.9 Å². The van der Waals surface area contributed by atoms with Crippen LogP contribution in [-0.4, -0.2) is 17.7 Å². The number of nitrogens with zero attached hydrogens (tertiary/aromatic N) is 1. The summed E-state index contributed by atoms with van der Waals surface area (Å²) in [4.78, 5) is 11.5. The molecule has 1 rings (SSSR count). The maximum Gasteiger partial charge on any atom is 0.343 e. The normalized spacial score (nSPS) is 9.40. The molecule has 0 atom stereocenters. The minimum absolute atomic E-state index is 0.0523. The van der Waals surface area contributed by atoms with E-state index < -0.39 is 5.97 Å². The van der Waals surface area contributed by atoms with Crippen LogP contribution in [0, 0.1) is 14.9 Å². The van der Waals surface area contributed by atoms with Crippen molar-refractivity contribution in [2.45, 2.75) is 6.92 Å². The van der Waals surface area contributed by atoms with Crippen molar-refractivity contribution in [2.75, 3.05) is 6.61 Å². The van der Waals surface area contributed by atoms with Gasteiger partial charge in [-0.15, -0.1) is 0 Å². The molecule has 0 aromatic heterocycles. The number of hydrogen-bond acceptors (Lipinski definition) is 4. The van der Waals surface area contributed by atoms with E-state index >= 15 is 0 Å². The van der Waals surface area contributed by atoms with Gasteiger partial charge < -0.3 is 9.84 Å². The lowest BCUT2D eigenvalue weighted by Crippen LogP contribution is -2.08. The number of phenols is 1. The number of hydrogen-bond donors (Lipinski definition) is 1. The van der Waals surface area contributed by atoms with Gasteiger partial charge in [0.1, 0.15) is 17.4 Å². The van der Waals surface area contributed by atoms with Crippen molar-refractivity contribution in [1.82, 2.24) is 0 Å². The molecule has 4 nitrogen and oxygen atoms in total. The summed E-state index contributed by atoms with van der Waals surface area (Å²) in [7, 11) is 0. The number of phenolic OH excluding ortho intramolecular Hbond substituents is 1. The minimum Gasteiger partial charge on any atom is -0.507 e. The molecular weight excluding hydrogens is 309 g/mol. The highest BCUT2D eigenvalue weighted by Crippen LogP contribution is 2.26. The molecule has 15 heavy (non-hydrogen) atoms. The van der Waals surface area contributed by atoms with Crippen LogP contribution >= 0.6 is 22.6 Å². The Balaban J connectivity index is 3.28. The Hall–Kier alpha value is -1.29. The molecule has 0 amide bonds. The van der Waals surface area contributed by atoms with Crippen molar-refractivity contribution in [2.24, 2.45) is 0 Å². The molecule has 1 aromatic carbocycles. The van der Waals surface area contributed by atoms with Gasteiger partial charge in [0.25, 0.3) is 0 Å². The van der Waals surface area contributed by atoms with Gasteiger partial charge in [0.05, 0.1) is 12.2 Å². The molecule has 0 aliphatic heterocycles. The zero-order chi connectivity index (χ0) is 11.4. The van der Waals surface area contributed by atoms with Gasteiger partial charge in [-0.1, -0.05) is 0 Å². The summed E-state index contributed by atoms with van der Waals surface area (Å²) in [6, 6.07) is 4.70. The standard InChI is InChI=1S/C10H8INO3/c1-2-15-10(14)8-7(13)4-3-6(5-12)9(8)11/h3-4,13H,2H2,1H3. The number of nitriles is 1. The van der Waals surface area contributed by atoms with Crippen LogP contribution in [0.4, 0.5) is 0 Å². The molecule has 0 unspecified atom stereocenters. The lowest BCUT2D eigenvalue weighted by molar-refractivity contribution is 0.0521. The van der Waals surface area contributed by atoms with Gasteiger partial charge in [-0.25, -0.2) is 4.79 Å². The Morgan fingerprint density at radius 3 is 2.87 bits per heavy atom. The molecule has 0 saturated heterocycles. The number of carbonyl (C=O) groups is 1. The van der Waals surface area contributed by atoms with Crippen LogP contribution in [0.5, 0.6) is 5.75 Å². The predicted molar refractivity (Wildman–Crippen MR) is 61.5 cm³/mol. The summed E-state index contributed by atoms with van der Waals surface area (Å²) in [5.74, 6) is -0.784. The largest absolute Gasteiger partial charge is 0.507 e. The number of ether oxygens (including phenoxy) is 1. The van der Waals surface area contributed by atoms with Crippen molar-refractivity contribution < 1.29 is 14.6 Å². The van der Waals surface area contributed by atoms with E-state index in [0.717, 1.165) is 0 Å². The van der Waals surface area contributed by atoms with Crippen molar-refractivity contribution in [3.8, 4) is 11.8 Å². The van der Waals surface area contributed by atoms with E-state index in [1.54, 1.807) is 6.92 Å². The second-order valence-electron chi connectivity index (χ2n) is 2.65. The van der Waals surface area contributed by atoms with E-state index in [1.807, 2.05) is 28.7 Å². The molecule has 0 aliphatic rings. The fourth-order valence-corrected chi connectivity index (χ4v) is 1.85. The van der Waals surface area contributed by atoms with Crippen LogP contribution in [0.25, 0.3) is 0 Å². The van der Waals surface area contributed by atoms with E-state index in [1.165, 1.54) is 12.1 Å². The van der Waals surface area contributed by atoms with Crippen LogP contribution in [0.3, 0.4) is 0 Å². The molecule has 1 aromatic rings. The number of benzene rings is 1. The van der Waals surface area contributed by atoms with E-state index in [9.17, 15) is 9.90 Å². The minimum atomic E-state index is -0.614. The topological polar surface area (TPSA) is 70.3 Å². The first-order chi connectivity index (χ1) is 7.11. The average Bonchev–Trinajstić information content (AvgIpc) is 2.18. The van der Waals surface area contributed by atoms with E-state index in [4.69, 9.17) is 10.00 Å². The maximum atomic E-state index is 11.5. The molecule has 0 heterocycles. The predicted octanol–water partition coefficient (Wildman–Crippen LogP) is 2.05. The van der Waals surface area contributed by atoms with Crippen molar-refractivity contribution in [3.05, 3.63) is 26.8 Å². The Morgan fingerprint density at radius 2 is 2.33 bits per heavy atom. The summed E-state index contributed by atoms with van der Waals surface area (Å²) in [6.45, 7) is 1.90. The van der Waals surface area contributed by atoms with Crippen molar-refractivity contribution in [1.29, 1.82) is 5.26 Å². The Morgan fingerprint density at radius 1 is 1.67 bits per heavy atom. The van der Waals surface area contributed by atoms with E-state index in [0.29, 0.717) is 9.13 Å². The molecule has 5 heteroatoms. The molecule has 0 fully saturated rings. The first-order valence-electron chi connectivity index (χ1n) is 4.20. The quantitative estimate of drug-likeness (QED) is 0.669. The van der Waals surface area contributed by atoms with Crippen LogP contribution in [-0.2, 0) is 4.74 Å². The molecule has 0 spiro atoms. The molecule has 1 N–H and O–H groups in total. The molecule has 0 aliphatic carbocycles. The van der Waals surface area contributed by atoms with Gasteiger partial charge in [-0.2, -0.15) is 5.26 Å². The van der Waals surface area contributed by atoms with Gasteiger partial charge in [0.2, 0.25) is 0 Å². The van der Waals surface area contributed by atoms with Gasteiger partial charge in [-0.3, -0.25) is 0 Å². The monoisotopic (exact) mass is 317 g/mol. The fraction of sp³-hybridized carbons (Fsp3) is 0.200. The number of rotatable bonds is 2. The lowest BCUT2D eigenvalue weighted by Gasteiger charge is -2.07. The summed E-state index contributed by atoms with van der Waals surface area (Å²) >= 11 is 1.84. The number of halogens is 1. The van der Waals surface area contributed by atoms with Gasteiger partial charge in [0.15, 0.2) is 0 Å². The molecule has 0 saturated carbocycles. The summed E-state index contributed by atoms with van der Waals surface area (Å²) in [5.41, 5.74) is 0.396. The SMILES string of the molecule is CCOC(=O)c1c(O)ccc(C#N)c1I. The summed E-state index contributed by atoms with van der Waals surface area (Å²) < 4.78 is 5.19. The fourth-order valence-electron chi connectivity index (χ4n) is 1.05. The third-order valence-electron chi connectivity index (χ3n) is 1.72. The van der Waals surface area contributed by atoms with Crippen molar-refractivity contribution >= 4 is 28.6 Å².